The molecule has 1 aromatic carbocycles. The summed E-state index contributed by atoms with van der Waals surface area (Å²) >= 11 is 0. The van der Waals surface area contributed by atoms with Gasteiger partial charge in [0.2, 0.25) is 5.91 Å². The maximum Gasteiger partial charge on any atom is 0.222 e. The van der Waals surface area contributed by atoms with Crippen molar-refractivity contribution in [1.82, 2.24) is 19.4 Å². The molecule has 1 aromatic heterocycles. The number of carbonyl (C=O) groups excluding carboxylic acids is 1. The average Bonchev–Trinajstić information content (AvgIpc) is 3.16. The van der Waals surface area contributed by atoms with E-state index in [2.05, 4.69) is 58.8 Å². The third kappa shape index (κ3) is 5.67. The smallest absolute Gasteiger partial charge is 0.222 e. The first-order valence-corrected chi connectivity index (χ1v) is 10.2. The van der Waals surface area contributed by atoms with Crippen LogP contribution < -0.4 is 0 Å². The SMILES string of the molecule is CC(C)c1nccn1CCN1CCN(C(=O)CCCc2ccccc2)CC1. The monoisotopic (exact) mass is 368 g/mol. The van der Waals surface area contributed by atoms with E-state index in [4.69, 9.17) is 0 Å². The Bertz CT molecular complexity index is 702. The number of amides is 1. The second kappa shape index (κ2) is 9.70. The highest BCUT2D eigenvalue weighted by Crippen LogP contribution is 2.13. The first-order valence-electron chi connectivity index (χ1n) is 10.2. The first-order chi connectivity index (χ1) is 13.1. The van der Waals surface area contributed by atoms with E-state index >= 15 is 0 Å². The van der Waals surface area contributed by atoms with Crippen molar-refractivity contribution in [3.63, 3.8) is 0 Å². The molecule has 27 heavy (non-hydrogen) atoms. The molecule has 1 aliphatic heterocycles. The summed E-state index contributed by atoms with van der Waals surface area (Å²) in [4.78, 5) is 21.4. The normalized spacial score (nSPS) is 15.4. The molecule has 1 aliphatic rings. The number of hydrogen-bond donors (Lipinski definition) is 0. The first kappa shape index (κ1) is 19.6. The molecular formula is C22H32N4O. The predicted molar refractivity (Wildman–Crippen MR) is 109 cm³/mol. The molecule has 2 aromatic rings. The summed E-state index contributed by atoms with van der Waals surface area (Å²) in [5, 5.41) is 0. The number of imidazole rings is 1. The zero-order chi connectivity index (χ0) is 19.1. The third-order valence-electron chi connectivity index (χ3n) is 5.35. The van der Waals surface area contributed by atoms with Crippen molar-refractivity contribution in [2.75, 3.05) is 32.7 Å². The standard InChI is InChI=1S/C22H32N4O/c1-19(2)22-23-11-12-26(22)18-15-24-13-16-25(17-14-24)21(27)10-6-9-20-7-4-3-5-8-20/h3-5,7-8,11-12,19H,6,9-10,13-18H2,1-2H3. The molecule has 1 saturated heterocycles. The fourth-order valence-electron chi connectivity index (χ4n) is 3.73. The average molecular weight is 369 g/mol. The molecule has 0 atom stereocenters. The van der Waals surface area contributed by atoms with Crippen molar-refractivity contribution in [3.05, 3.63) is 54.1 Å². The van der Waals surface area contributed by atoms with Crippen LogP contribution >= 0.6 is 0 Å². The van der Waals surface area contributed by atoms with E-state index < -0.39 is 0 Å². The van der Waals surface area contributed by atoms with Gasteiger partial charge in [-0.15, -0.1) is 0 Å². The molecule has 0 aliphatic carbocycles. The Hall–Kier alpha value is -2.14. The molecule has 3 rings (SSSR count). The van der Waals surface area contributed by atoms with Crippen LogP contribution in [0, 0.1) is 0 Å². The van der Waals surface area contributed by atoms with Crippen molar-refractivity contribution in [2.24, 2.45) is 0 Å². The summed E-state index contributed by atoms with van der Waals surface area (Å²) in [5.41, 5.74) is 1.32. The fraction of sp³-hybridized carbons (Fsp3) is 0.545. The van der Waals surface area contributed by atoms with Gasteiger partial charge in [0.05, 0.1) is 0 Å². The van der Waals surface area contributed by atoms with Crippen LogP contribution in [0.2, 0.25) is 0 Å². The molecule has 0 N–H and O–H groups in total. The highest BCUT2D eigenvalue weighted by molar-refractivity contribution is 5.76. The van der Waals surface area contributed by atoms with Crippen molar-refractivity contribution < 1.29 is 4.79 Å². The molecule has 5 nitrogen and oxygen atoms in total. The van der Waals surface area contributed by atoms with Crippen LogP contribution in [-0.4, -0.2) is 58.0 Å². The Morgan fingerprint density at radius 1 is 1.07 bits per heavy atom. The fourth-order valence-corrected chi connectivity index (χ4v) is 3.73. The molecule has 0 radical (unpaired) electrons. The van der Waals surface area contributed by atoms with Crippen LogP contribution in [0.15, 0.2) is 42.7 Å². The number of piperazine rings is 1. The Morgan fingerprint density at radius 2 is 1.81 bits per heavy atom. The van der Waals surface area contributed by atoms with Gasteiger partial charge in [-0.2, -0.15) is 0 Å². The number of aromatic nitrogens is 2. The lowest BCUT2D eigenvalue weighted by atomic mass is 10.1. The minimum absolute atomic E-state index is 0.308. The van der Waals surface area contributed by atoms with Gasteiger partial charge >= 0.3 is 0 Å². The van der Waals surface area contributed by atoms with E-state index in [9.17, 15) is 4.79 Å². The zero-order valence-electron chi connectivity index (χ0n) is 16.7. The molecular weight excluding hydrogens is 336 g/mol. The van der Waals surface area contributed by atoms with Gasteiger partial charge in [0.15, 0.2) is 0 Å². The van der Waals surface area contributed by atoms with E-state index in [1.807, 2.05) is 17.2 Å². The minimum Gasteiger partial charge on any atom is -0.340 e. The molecule has 5 heteroatoms. The minimum atomic E-state index is 0.308. The van der Waals surface area contributed by atoms with Crippen molar-refractivity contribution in [1.29, 1.82) is 0 Å². The third-order valence-corrected chi connectivity index (χ3v) is 5.35. The maximum atomic E-state index is 12.5. The summed E-state index contributed by atoms with van der Waals surface area (Å²) in [6.07, 6.45) is 6.53. The Balaban J connectivity index is 1.35. The van der Waals surface area contributed by atoms with Gasteiger partial charge in [-0.05, 0) is 18.4 Å². The Morgan fingerprint density at radius 3 is 2.52 bits per heavy atom. The molecule has 0 spiro atoms. The molecule has 0 saturated carbocycles. The van der Waals surface area contributed by atoms with E-state index in [1.165, 1.54) is 5.56 Å². The van der Waals surface area contributed by atoms with E-state index in [0.717, 1.165) is 57.9 Å². The van der Waals surface area contributed by atoms with Crippen molar-refractivity contribution >= 4 is 5.91 Å². The highest BCUT2D eigenvalue weighted by Gasteiger charge is 2.20. The quantitative estimate of drug-likeness (QED) is 0.719. The van der Waals surface area contributed by atoms with Crippen LogP contribution in [0.3, 0.4) is 0 Å². The van der Waals surface area contributed by atoms with E-state index in [1.54, 1.807) is 0 Å². The second-order valence-electron chi connectivity index (χ2n) is 7.70. The summed E-state index contributed by atoms with van der Waals surface area (Å²) in [6.45, 7) is 10.00. The van der Waals surface area contributed by atoms with Gasteiger partial charge in [0, 0.05) is 64.0 Å². The number of rotatable bonds is 8. The highest BCUT2D eigenvalue weighted by atomic mass is 16.2. The van der Waals surface area contributed by atoms with Crippen LogP contribution in [0.1, 0.15) is 44.0 Å². The number of benzene rings is 1. The number of nitrogens with zero attached hydrogens (tertiary/aromatic N) is 4. The van der Waals surface area contributed by atoms with Gasteiger partial charge in [-0.1, -0.05) is 44.2 Å². The Labute approximate surface area is 163 Å². The van der Waals surface area contributed by atoms with Gasteiger partial charge in [0.25, 0.3) is 0 Å². The molecule has 0 unspecified atom stereocenters. The van der Waals surface area contributed by atoms with Crippen LogP contribution in [0.5, 0.6) is 0 Å². The lowest BCUT2D eigenvalue weighted by Gasteiger charge is -2.35. The molecule has 146 valence electrons. The maximum absolute atomic E-state index is 12.5. The van der Waals surface area contributed by atoms with Crippen LogP contribution in [-0.2, 0) is 17.8 Å². The lowest BCUT2D eigenvalue weighted by molar-refractivity contribution is -0.133. The predicted octanol–water partition coefficient (Wildman–Crippen LogP) is 3.17. The summed E-state index contributed by atoms with van der Waals surface area (Å²) < 4.78 is 2.26. The Kier molecular flexibility index (Phi) is 7.04. The van der Waals surface area contributed by atoms with Crippen LogP contribution in [0.4, 0.5) is 0 Å². The number of hydrogen-bond acceptors (Lipinski definition) is 3. The number of carbonyl (C=O) groups is 1. The molecule has 2 heterocycles. The van der Waals surface area contributed by atoms with Gasteiger partial charge in [0.1, 0.15) is 5.82 Å². The van der Waals surface area contributed by atoms with Crippen molar-refractivity contribution in [3.8, 4) is 0 Å². The van der Waals surface area contributed by atoms with Crippen LogP contribution in [0.25, 0.3) is 0 Å². The largest absolute Gasteiger partial charge is 0.340 e. The second-order valence-corrected chi connectivity index (χ2v) is 7.70. The van der Waals surface area contributed by atoms with Crippen molar-refractivity contribution in [2.45, 2.75) is 45.6 Å². The summed E-state index contributed by atoms with van der Waals surface area (Å²) in [7, 11) is 0. The summed E-state index contributed by atoms with van der Waals surface area (Å²) in [5.74, 6) is 1.91. The zero-order valence-corrected chi connectivity index (χ0v) is 16.7. The molecule has 0 bridgehead atoms. The van der Waals surface area contributed by atoms with E-state index in [0.29, 0.717) is 18.2 Å². The lowest BCUT2D eigenvalue weighted by Crippen LogP contribution is -2.49. The van der Waals surface area contributed by atoms with Gasteiger partial charge in [-0.25, -0.2) is 4.98 Å². The number of aryl methyl sites for hydroxylation is 1. The molecule has 1 amide bonds. The van der Waals surface area contributed by atoms with E-state index in [-0.39, 0.29) is 0 Å². The summed E-state index contributed by atoms with van der Waals surface area (Å²) in [6, 6.07) is 10.4. The molecule has 1 fully saturated rings. The van der Waals surface area contributed by atoms with Gasteiger partial charge < -0.3 is 9.47 Å². The topological polar surface area (TPSA) is 41.4 Å². The van der Waals surface area contributed by atoms with Gasteiger partial charge in [-0.3, -0.25) is 9.69 Å².